The van der Waals surface area contributed by atoms with Gasteiger partial charge < -0.3 is 10.3 Å². The second kappa shape index (κ2) is 1.57. The van der Waals surface area contributed by atoms with Crippen molar-refractivity contribution in [2.24, 2.45) is 5.73 Å². The molecule has 1 unspecified atom stereocenters. The first kappa shape index (κ1) is 4.99. The molecule has 0 spiro atoms. The maximum Gasteiger partial charge on any atom is 0.110 e. The highest BCUT2D eigenvalue weighted by atomic mass is 15.1. The Kier molecular flexibility index (Phi) is 0.873. The normalized spacial score (nSPS) is 24.3. The summed E-state index contributed by atoms with van der Waals surface area (Å²) in [6.07, 6.45) is 4.73. The van der Waals surface area contributed by atoms with E-state index in [0.29, 0.717) is 6.04 Å². The molecule has 2 N–H and O–H groups in total. The monoisotopic (exact) mass is 123 g/mol. The van der Waals surface area contributed by atoms with Crippen molar-refractivity contribution in [2.75, 3.05) is 0 Å². The van der Waals surface area contributed by atoms with Crippen LogP contribution in [0.3, 0.4) is 0 Å². The fraction of sp³-hybridized carbons (Fsp3) is 0.500. The highest BCUT2D eigenvalue weighted by molar-refractivity contribution is 5.01. The van der Waals surface area contributed by atoms with E-state index in [-0.39, 0.29) is 0 Å². The summed E-state index contributed by atoms with van der Waals surface area (Å²) in [6.45, 7) is 0.940. The lowest BCUT2D eigenvalue weighted by atomic mass is 10.3. The Morgan fingerprint density at radius 2 is 2.67 bits per heavy atom. The number of hydrogen-bond acceptors (Lipinski definition) is 2. The van der Waals surface area contributed by atoms with Crippen LogP contribution in [-0.2, 0) is 13.0 Å². The second-order valence-corrected chi connectivity index (χ2v) is 2.46. The van der Waals surface area contributed by atoms with E-state index < -0.39 is 0 Å². The molecule has 0 bridgehead atoms. The average Bonchev–Trinajstić information content (AvgIpc) is 2.22. The molecular formula is C6H9N3. The van der Waals surface area contributed by atoms with Crippen molar-refractivity contribution in [3.8, 4) is 0 Å². The Hall–Kier alpha value is -0.830. The van der Waals surface area contributed by atoms with Gasteiger partial charge in [-0.2, -0.15) is 0 Å². The van der Waals surface area contributed by atoms with Crippen LogP contribution in [0.1, 0.15) is 5.82 Å². The minimum atomic E-state index is 0.300. The molecule has 1 aromatic heterocycles. The SMILES string of the molecule is NC1Cc2nccn2C1. The van der Waals surface area contributed by atoms with Gasteiger partial charge in [-0.3, -0.25) is 0 Å². The molecule has 0 radical (unpaired) electrons. The van der Waals surface area contributed by atoms with Crippen molar-refractivity contribution in [3.05, 3.63) is 18.2 Å². The minimum Gasteiger partial charge on any atom is -0.333 e. The van der Waals surface area contributed by atoms with Crippen molar-refractivity contribution in [3.63, 3.8) is 0 Å². The molecule has 2 rings (SSSR count). The average molecular weight is 123 g/mol. The summed E-state index contributed by atoms with van der Waals surface area (Å²) >= 11 is 0. The van der Waals surface area contributed by atoms with Crippen molar-refractivity contribution < 1.29 is 0 Å². The first-order chi connectivity index (χ1) is 4.36. The van der Waals surface area contributed by atoms with Crippen LogP contribution in [0, 0.1) is 0 Å². The highest BCUT2D eigenvalue weighted by Crippen LogP contribution is 2.09. The number of nitrogens with two attached hydrogens (primary N) is 1. The zero-order valence-electron chi connectivity index (χ0n) is 5.12. The van der Waals surface area contributed by atoms with Gasteiger partial charge in [0.2, 0.25) is 0 Å². The summed E-state index contributed by atoms with van der Waals surface area (Å²) in [6, 6.07) is 0.300. The van der Waals surface area contributed by atoms with Crippen molar-refractivity contribution >= 4 is 0 Å². The van der Waals surface area contributed by atoms with Crippen LogP contribution in [-0.4, -0.2) is 15.6 Å². The predicted molar refractivity (Wildman–Crippen MR) is 33.9 cm³/mol. The number of imidazole rings is 1. The van der Waals surface area contributed by atoms with Gasteiger partial charge in [-0.05, 0) is 0 Å². The van der Waals surface area contributed by atoms with Crippen LogP contribution < -0.4 is 5.73 Å². The fourth-order valence-corrected chi connectivity index (χ4v) is 1.25. The lowest BCUT2D eigenvalue weighted by Gasteiger charge is -1.95. The zero-order chi connectivity index (χ0) is 6.27. The van der Waals surface area contributed by atoms with E-state index in [4.69, 9.17) is 5.73 Å². The van der Waals surface area contributed by atoms with Crippen LogP contribution in [0.15, 0.2) is 12.4 Å². The van der Waals surface area contributed by atoms with Crippen molar-refractivity contribution in [1.29, 1.82) is 0 Å². The Labute approximate surface area is 53.5 Å². The summed E-state index contributed by atoms with van der Waals surface area (Å²) in [5.41, 5.74) is 5.67. The van der Waals surface area contributed by atoms with Gasteiger partial charge in [0.25, 0.3) is 0 Å². The van der Waals surface area contributed by atoms with Gasteiger partial charge >= 0.3 is 0 Å². The van der Waals surface area contributed by atoms with Crippen molar-refractivity contribution in [2.45, 2.75) is 19.0 Å². The van der Waals surface area contributed by atoms with E-state index in [1.54, 1.807) is 0 Å². The van der Waals surface area contributed by atoms with E-state index >= 15 is 0 Å². The van der Waals surface area contributed by atoms with Gasteiger partial charge in [0.05, 0.1) is 0 Å². The van der Waals surface area contributed by atoms with E-state index in [9.17, 15) is 0 Å². The molecule has 1 aliphatic heterocycles. The summed E-state index contributed by atoms with van der Waals surface area (Å²) < 4.78 is 2.10. The molecule has 3 heteroatoms. The zero-order valence-corrected chi connectivity index (χ0v) is 5.12. The third-order valence-electron chi connectivity index (χ3n) is 1.68. The Morgan fingerprint density at radius 1 is 1.78 bits per heavy atom. The molecule has 0 aromatic carbocycles. The standard InChI is InChI=1S/C6H9N3/c7-5-3-6-8-1-2-9(6)4-5/h1-2,5H,3-4,7H2. The molecule has 0 saturated heterocycles. The summed E-state index contributed by atoms with van der Waals surface area (Å²) in [7, 11) is 0. The van der Waals surface area contributed by atoms with E-state index in [0.717, 1.165) is 18.8 Å². The third-order valence-corrected chi connectivity index (χ3v) is 1.68. The number of hydrogen-bond donors (Lipinski definition) is 1. The molecule has 0 amide bonds. The van der Waals surface area contributed by atoms with Crippen LogP contribution in [0.25, 0.3) is 0 Å². The molecule has 1 aromatic rings. The molecule has 0 aliphatic carbocycles. The van der Waals surface area contributed by atoms with Crippen LogP contribution >= 0.6 is 0 Å². The van der Waals surface area contributed by atoms with Crippen LogP contribution in [0.5, 0.6) is 0 Å². The number of rotatable bonds is 0. The fourth-order valence-electron chi connectivity index (χ4n) is 1.25. The van der Waals surface area contributed by atoms with Crippen LogP contribution in [0.4, 0.5) is 0 Å². The number of aromatic nitrogens is 2. The Balaban J connectivity index is 2.39. The molecule has 1 aliphatic rings. The second-order valence-electron chi connectivity index (χ2n) is 2.46. The predicted octanol–water partition coefficient (Wildman–Crippen LogP) is -0.234. The third kappa shape index (κ3) is 0.650. The van der Waals surface area contributed by atoms with Gasteiger partial charge in [-0.1, -0.05) is 0 Å². The molecule has 2 heterocycles. The largest absolute Gasteiger partial charge is 0.333 e. The summed E-state index contributed by atoms with van der Waals surface area (Å²) in [5, 5.41) is 0. The first-order valence-corrected chi connectivity index (χ1v) is 3.12. The lowest BCUT2D eigenvalue weighted by Crippen LogP contribution is -2.20. The Bertz CT molecular complexity index is 195. The molecule has 0 saturated carbocycles. The molecule has 1 atom stereocenters. The summed E-state index contributed by atoms with van der Waals surface area (Å²) in [4.78, 5) is 4.13. The maximum atomic E-state index is 5.67. The first-order valence-electron chi connectivity index (χ1n) is 3.12. The highest BCUT2D eigenvalue weighted by Gasteiger charge is 2.16. The molecule has 3 nitrogen and oxygen atoms in total. The summed E-state index contributed by atoms with van der Waals surface area (Å²) in [5.74, 6) is 1.13. The van der Waals surface area contributed by atoms with E-state index in [1.165, 1.54) is 0 Å². The van der Waals surface area contributed by atoms with Gasteiger partial charge in [0, 0.05) is 31.4 Å². The molecule has 9 heavy (non-hydrogen) atoms. The molecule has 48 valence electrons. The van der Waals surface area contributed by atoms with Gasteiger partial charge in [-0.15, -0.1) is 0 Å². The van der Waals surface area contributed by atoms with Crippen molar-refractivity contribution in [1.82, 2.24) is 9.55 Å². The smallest absolute Gasteiger partial charge is 0.110 e. The quantitative estimate of drug-likeness (QED) is 0.517. The van der Waals surface area contributed by atoms with Crippen LogP contribution in [0.2, 0.25) is 0 Å². The number of nitrogens with zero attached hydrogens (tertiary/aromatic N) is 2. The lowest BCUT2D eigenvalue weighted by molar-refractivity contribution is 0.641. The minimum absolute atomic E-state index is 0.300. The number of fused-ring (bicyclic) bond motifs is 1. The Morgan fingerprint density at radius 3 is 3.44 bits per heavy atom. The van der Waals surface area contributed by atoms with Gasteiger partial charge in [0.15, 0.2) is 0 Å². The van der Waals surface area contributed by atoms with Gasteiger partial charge in [0.1, 0.15) is 5.82 Å². The topological polar surface area (TPSA) is 43.8 Å². The van der Waals surface area contributed by atoms with E-state index in [2.05, 4.69) is 9.55 Å². The molecule has 0 fully saturated rings. The molecular weight excluding hydrogens is 114 g/mol. The van der Waals surface area contributed by atoms with Gasteiger partial charge in [-0.25, -0.2) is 4.98 Å². The maximum absolute atomic E-state index is 5.67. The van der Waals surface area contributed by atoms with E-state index in [1.807, 2.05) is 12.4 Å².